The smallest absolute Gasteiger partial charge is 0.309 e. The van der Waals surface area contributed by atoms with Gasteiger partial charge in [0.15, 0.2) is 11.5 Å². The lowest BCUT2D eigenvalue weighted by Crippen LogP contribution is -2.14. The molecule has 1 aliphatic rings. The van der Waals surface area contributed by atoms with E-state index >= 15 is 0 Å². The third-order valence-electron chi connectivity index (χ3n) is 2.73. The van der Waals surface area contributed by atoms with E-state index < -0.39 is 0 Å². The van der Waals surface area contributed by atoms with E-state index in [9.17, 15) is 4.79 Å². The number of benzene rings is 1. The van der Waals surface area contributed by atoms with Crippen LogP contribution in [0.25, 0.3) is 0 Å². The monoisotopic (exact) mass is 302 g/mol. The molecule has 4 nitrogen and oxygen atoms in total. The SMILES string of the molecule is COC(=O)C(C)CSCc1cc(Cl)c2c(c1)OCO2. The van der Waals surface area contributed by atoms with Crippen molar-refractivity contribution in [3.8, 4) is 11.5 Å². The number of esters is 1. The lowest BCUT2D eigenvalue weighted by Gasteiger charge is -2.09. The molecular formula is C13H15ClO4S. The normalized spacial score (nSPS) is 14.3. The fraction of sp³-hybridized carbons (Fsp3) is 0.462. The van der Waals surface area contributed by atoms with Crippen LogP contribution in [0.4, 0.5) is 0 Å². The molecular weight excluding hydrogens is 288 g/mol. The fourth-order valence-electron chi connectivity index (χ4n) is 1.73. The number of rotatable bonds is 5. The molecule has 2 rings (SSSR count). The maximum Gasteiger partial charge on any atom is 0.309 e. The van der Waals surface area contributed by atoms with Crippen LogP contribution in [0.5, 0.6) is 11.5 Å². The van der Waals surface area contributed by atoms with E-state index in [1.807, 2.05) is 19.1 Å². The van der Waals surface area contributed by atoms with Gasteiger partial charge in [0, 0.05) is 11.5 Å². The first-order valence-corrected chi connectivity index (χ1v) is 7.38. The Morgan fingerprint density at radius 1 is 1.53 bits per heavy atom. The Bertz CT molecular complexity index is 478. The predicted octanol–water partition coefficient (Wildman–Crippen LogP) is 3.11. The molecule has 1 unspecified atom stereocenters. The molecule has 0 N–H and O–H groups in total. The first kappa shape index (κ1) is 14.3. The van der Waals surface area contributed by atoms with Crippen LogP contribution in [0.15, 0.2) is 12.1 Å². The second kappa shape index (κ2) is 6.39. The van der Waals surface area contributed by atoms with Gasteiger partial charge in [-0.25, -0.2) is 0 Å². The molecule has 0 spiro atoms. The number of ether oxygens (including phenoxy) is 3. The van der Waals surface area contributed by atoms with E-state index in [-0.39, 0.29) is 18.7 Å². The molecule has 1 aromatic carbocycles. The van der Waals surface area contributed by atoms with Gasteiger partial charge in [-0.1, -0.05) is 18.5 Å². The fourth-order valence-corrected chi connectivity index (χ4v) is 3.02. The number of hydrogen-bond acceptors (Lipinski definition) is 5. The van der Waals surface area contributed by atoms with Crippen molar-refractivity contribution in [2.24, 2.45) is 5.92 Å². The maximum absolute atomic E-state index is 11.3. The van der Waals surface area contributed by atoms with Crippen LogP contribution in [0, 0.1) is 5.92 Å². The molecule has 0 fully saturated rings. The van der Waals surface area contributed by atoms with Crippen LogP contribution in [0.1, 0.15) is 12.5 Å². The summed E-state index contributed by atoms with van der Waals surface area (Å²) in [6, 6.07) is 3.79. The standard InChI is InChI=1S/C13H15ClO4S/c1-8(13(15)16-2)5-19-6-9-3-10(14)12-11(4-9)17-7-18-12/h3-4,8H,5-7H2,1-2H3. The van der Waals surface area contributed by atoms with Gasteiger partial charge in [0.05, 0.1) is 18.1 Å². The second-order valence-electron chi connectivity index (χ2n) is 4.25. The summed E-state index contributed by atoms with van der Waals surface area (Å²) in [5.74, 6) is 2.47. The molecule has 0 radical (unpaired) electrons. The molecule has 0 saturated heterocycles. The highest BCUT2D eigenvalue weighted by atomic mass is 35.5. The van der Waals surface area contributed by atoms with Crippen molar-refractivity contribution in [2.45, 2.75) is 12.7 Å². The number of carbonyl (C=O) groups is 1. The van der Waals surface area contributed by atoms with Crippen LogP contribution in [-0.4, -0.2) is 25.6 Å². The van der Waals surface area contributed by atoms with Gasteiger partial charge in [-0.2, -0.15) is 11.8 Å². The quantitative estimate of drug-likeness (QED) is 0.782. The minimum Gasteiger partial charge on any atom is -0.469 e. The third-order valence-corrected chi connectivity index (χ3v) is 4.28. The topological polar surface area (TPSA) is 44.8 Å². The van der Waals surface area contributed by atoms with Gasteiger partial charge in [0.2, 0.25) is 6.79 Å². The second-order valence-corrected chi connectivity index (χ2v) is 5.69. The number of hydrogen-bond donors (Lipinski definition) is 0. The first-order valence-electron chi connectivity index (χ1n) is 5.85. The summed E-state index contributed by atoms with van der Waals surface area (Å²) in [5, 5.41) is 0.562. The molecule has 0 amide bonds. The highest BCUT2D eigenvalue weighted by molar-refractivity contribution is 7.98. The van der Waals surface area contributed by atoms with Crippen LogP contribution >= 0.6 is 23.4 Å². The van der Waals surface area contributed by atoms with Crippen molar-refractivity contribution in [3.05, 3.63) is 22.7 Å². The van der Waals surface area contributed by atoms with E-state index in [0.29, 0.717) is 22.3 Å². The largest absolute Gasteiger partial charge is 0.469 e. The summed E-state index contributed by atoms with van der Waals surface area (Å²) in [5.41, 5.74) is 1.05. The van der Waals surface area contributed by atoms with Crippen LogP contribution in [0.2, 0.25) is 5.02 Å². The van der Waals surface area contributed by atoms with Gasteiger partial charge in [0.1, 0.15) is 0 Å². The lowest BCUT2D eigenvalue weighted by molar-refractivity contribution is -0.143. The molecule has 0 aliphatic carbocycles. The first-order chi connectivity index (χ1) is 9.11. The maximum atomic E-state index is 11.3. The zero-order valence-electron chi connectivity index (χ0n) is 10.8. The Balaban J connectivity index is 1.90. The summed E-state index contributed by atoms with van der Waals surface area (Å²) in [6.45, 7) is 2.07. The minimum atomic E-state index is -0.184. The van der Waals surface area contributed by atoms with Crippen LogP contribution in [0.3, 0.4) is 0 Å². The Morgan fingerprint density at radius 3 is 3.05 bits per heavy atom. The molecule has 1 aromatic rings. The average molecular weight is 303 g/mol. The average Bonchev–Trinajstić information content (AvgIpc) is 2.86. The van der Waals surface area contributed by atoms with Crippen LogP contribution in [-0.2, 0) is 15.3 Å². The van der Waals surface area contributed by atoms with Gasteiger partial charge in [-0.15, -0.1) is 0 Å². The van der Waals surface area contributed by atoms with Gasteiger partial charge < -0.3 is 14.2 Å². The van der Waals surface area contributed by atoms with E-state index in [4.69, 9.17) is 21.1 Å². The van der Waals surface area contributed by atoms with E-state index in [2.05, 4.69) is 4.74 Å². The lowest BCUT2D eigenvalue weighted by atomic mass is 10.2. The molecule has 104 valence electrons. The third kappa shape index (κ3) is 3.48. The van der Waals surface area contributed by atoms with Crippen molar-refractivity contribution >= 4 is 29.3 Å². The van der Waals surface area contributed by atoms with E-state index in [0.717, 1.165) is 11.3 Å². The van der Waals surface area contributed by atoms with Gasteiger partial charge in [-0.05, 0) is 17.7 Å². The summed E-state index contributed by atoms with van der Waals surface area (Å²) in [6.07, 6.45) is 0. The highest BCUT2D eigenvalue weighted by Gasteiger charge is 2.18. The summed E-state index contributed by atoms with van der Waals surface area (Å²) in [7, 11) is 1.40. The Morgan fingerprint density at radius 2 is 2.32 bits per heavy atom. The summed E-state index contributed by atoms with van der Waals surface area (Å²) >= 11 is 7.76. The van der Waals surface area contributed by atoms with Gasteiger partial charge >= 0.3 is 5.97 Å². The summed E-state index contributed by atoms with van der Waals surface area (Å²) in [4.78, 5) is 11.3. The predicted molar refractivity (Wildman–Crippen MR) is 74.9 cm³/mol. The zero-order chi connectivity index (χ0) is 13.8. The van der Waals surface area contributed by atoms with Crippen LogP contribution < -0.4 is 9.47 Å². The van der Waals surface area contributed by atoms with Crippen molar-refractivity contribution < 1.29 is 19.0 Å². The number of halogens is 1. The zero-order valence-corrected chi connectivity index (χ0v) is 12.3. The molecule has 0 bridgehead atoms. The number of methoxy groups -OCH3 is 1. The summed E-state index contributed by atoms with van der Waals surface area (Å²) < 4.78 is 15.2. The van der Waals surface area contributed by atoms with Gasteiger partial charge in [-0.3, -0.25) is 4.79 Å². The van der Waals surface area contributed by atoms with E-state index in [1.165, 1.54) is 7.11 Å². The van der Waals surface area contributed by atoms with Crippen molar-refractivity contribution in [1.29, 1.82) is 0 Å². The molecule has 1 atom stereocenters. The minimum absolute atomic E-state index is 0.112. The molecule has 0 saturated carbocycles. The Labute approximate surface area is 121 Å². The Kier molecular flexibility index (Phi) is 4.82. The molecule has 1 aliphatic heterocycles. The number of carbonyl (C=O) groups excluding carboxylic acids is 1. The van der Waals surface area contributed by atoms with Crippen molar-refractivity contribution in [3.63, 3.8) is 0 Å². The Hall–Kier alpha value is -1.07. The van der Waals surface area contributed by atoms with E-state index in [1.54, 1.807) is 11.8 Å². The number of fused-ring (bicyclic) bond motifs is 1. The number of thioether (sulfide) groups is 1. The molecule has 6 heteroatoms. The van der Waals surface area contributed by atoms with Crippen molar-refractivity contribution in [2.75, 3.05) is 19.7 Å². The highest BCUT2D eigenvalue weighted by Crippen LogP contribution is 2.40. The molecule has 1 heterocycles. The molecule has 0 aromatic heterocycles. The van der Waals surface area contributed by atoms with Gasteiger partial charge in [0.25, 0.3) is 0 Å². The van der Waals surface area contributed by atoms with Crippen molar-refractivity contribution in [1.82, 2.24) is 0 Å². The molecule has 19 heavy (non-hydrogen) atoms.